The third-order valence-corrected chi connectivity index (χ3v) is 6.50. The third kappa shape index (κ3) is 3.84. The van der Waals surface area contributed by atoms with Crippen molar-refractivity contribution in [3.63, 3.8) is 0 Å². The Labute approximate surface area is 130 Å². The van der Waals surface area contributed by atoms with Crippen LogP contribution in [-0.2, 0) is 4.79 Å². The Balaban J connectivity index is 1.97. The first-order valence-electron chi connectivity index (χ1n) is 7.72. The molecule has 0 radical (unpaired) electrons. The van der Waals surface area contributed by atoms with Gasteiger partial charge in [-0.25, -0.2) is 4.79 Å². The molecular weight excluding hydrogens is 288 g/mol. The van der Waals surface area contributed by atoms with Crippen molar-refractivity contribution >= 4 is 23.8 Å². The van der Waals surface area contributed by atoms with Gasteiger partial charge in [0.2, 0.25) is 0 Å². The van der Waals surface area contributed by atoms with Crippen LogP contribution in [0.4, 0.5) is 4.79 Å². The predicted molar refractivity (Wildman–Crippen MR) is 84.7 cm³/mol. The van der Waals surface area contributed by atoms with Crippen molar-refractivity contribution in [1.29, 1.82) is 0 Å². The van der Waals surface area contributed by atoms with Crippen LogP contribution in [0.15, 0.2) is 0 Å². The number of nitrogens with zero attached hydrogens (tertiary/aromatic N) is 1. The molecule has 0 saturated heterocycles. The minimum atomic E-state index is -0.820. The molecule has 2 aliphatic rings. The third-order valence-electron chi connectivity index (χ3n) is 5.08. The SMILES string of the molecule is CSC1(CNC(=O)N(C)C2(CC(=O)O)CCCCC2)CC1. The highest BCUT2D eigenvalue weighted by Gasteiger charge is 2.44. The Morgan fingerprint density at radius 2 is 1.81 bits per heavy atom. The Bertz CT molecular complexity index is 404. The van der Waals surface area contributed by atoms with E-state index >= 15 is 0 Å². The number of hydrogen-bond donors (Lipinski definition) is 2. The van der Waals surface area contributed by atoms with Crippen LogP contribution in [0.1, 0.15) is 51.4 Å². The summed E-state index contributed by atoms with van der Waals surface area (Å²) >= 11 is 1.81. The Hall–Kier alpha value is -0.910. The van der Waals surface area contributed by atoms with E-state index in [1.165, 1.54) is 0 Å². The van der Waals surface area contributed by atoms with Crippen molar-refractivity contribution in [1.82, 2.24) is 10.2 Å². The van der Waals surface area contributed by atoms with Crippen LogP contribution in [0.2, 0.25) is 0 Å². The van der Waals surface area contributed by atoms with Gasteiger partial charge in [-0.15, -0.1) is 0 Å². The number of thioether (sulfide) groups is 1. The van der Waals surface area contributed by atoms with Crippen LogP contribution in [0, 0.1) is 0 Å². The highest BCUT2D eigenvalue weighted by molar-refractivity contribution is 8.00. The van der Waals surface area contributed by atoms with E-state index < -0.39 is 11.5 Å². The lowest BCUT2D eigenvalue weighted by molar-refractivity contribution is -0.140. The van der Waals surface area contributed by atoms with Gasteiger partial charge in [-0.2, -0.15) is 11.8 Å². The summed E-state index contributed by atoms with van der Waals surface area (Å²) in [5.74, 6) is -0.820. The average Bonchev–Trinajstić information content (AvgIpc) is 3.25. The van der Waals surface area contributed by atoms with Crippen molar-refractivity contribution in [2.24, 2.45) is 0 Å². The van der Waals surface area contributed by atoms with Crippen molar-refractivity contribution in [2.75, 3.05) is 19.8 Å². The molecule has 0 aromatic carbocycles. The first kappa shape index (κ1) is 16.5. The van der Waals surface area contributed by atoms with E-state index in [4.69, 9.17) is 0 Å². The monoisotopic (exact) mass is 314 g/mol. The molecule has 2 rings (SSSR count). The Morgan fingerprint density at radius 3 is 2.29 bits per heavy atom. The van der Waals surface area contributed by atoms with Gasteiger partial charge in [-0.05, 0) is 31.9 Å². The van der Waals surface area contributed by atoms with Gasteiger partial charge >= 0.3 is 12.0 Å². The highest BCUT2D eigenvalue weighted by Crippen LogP contribution is 2.46. The van der Waals surface area contributed by atoms with Gasteiger partial charge in [-0.1, -0.05) is 19.3 Å². The van der Waals surface area contributed by atoms with E-state index in [9.17, 15) is 14.7 Å². The highest BCUT2D eigenvalue weighted by atomic mass is 32.2. The number of nitrogens with one attached hydrogen (secondary N) is 1. The lowest BCUT2D eigenvalue weighted by Gasteiger charge is -2.43. The lowest BCUT2D eigenvalue weighted by Crippen LogP contribution is -2.55. The van der Waals surface area contributed by atoms with E-state index in [1.807, 2.05) is 11.8 Å². The molecule has 21 heavy (non-hydrogen) atoms. The topological polar surface area (TPSA) is 69.6 Å². The van der Waals surface area contributed by atoms with Crippen LogP contribution in [-0.4, -0.2) is 52.1 Å². The summed E-state index contributed by atoms with van der Waals surface area (Å²) in [6.45, 7) is 0.681. The molecule has 0 atom stereocenters. The normalized spacial score (nSPS) is 22.4. The maximum Gasteiger partial charge on any atom is 0.317 e. The Kier molecular flexibility index (Phi) is 5.07. The summed E-state index contributed by atoms with van der Waals surface area (Å²) in [5, 5.41) is 12.2. The van der Waals surface area contributed by atoms with Gasteiger partial charge < -0.3 is 15.3 Å². The largest absolute Gasteiger partial charge is 0.481 e. The molecule has 5 nitrogen and oxygen atoms in total. The molecule has 0 aliphatic heterocycles. The quantitative estimate of drug-likeness (QED) is 0.791. The minimum Gasteiger partial charge on any atom is -0.481 e. The van der Waals surface area contributed by atoms with Crippen molar-refractivity contribution in [2.45, 2.75) is 61.7 Å². The molecule has 120 valence electrons. The van der Waals surface area contributed by atoms with Gasteiger partial charge in [-0.3, -0.25) is 4.79 Å². The number of rotatable bonds is 6. The fourth-order valence-electron chi connectivity index (χ4n) is 3.29. The summed E-state index contributed by atoms with van der Waals surface area (Å²) in [7, 11) is 1.75. The molecule has 2 N–H and O–H groups in total. The van der Waals surface area contributed by atoms with Gasteiger partial charge in [0.15, 0.2) is 0 Å². The molecule has 0 aromatic heterocycles. The number of urea groups is 1. The molecule has 2 fully saturated rings. The number of carbonyl (C=O) groups excluding carboxylic acids is 1. The van der Waals surface area contributed by atoms with Gasteiger partial charge in [0.05, 0.1) is 12.0 Å². The molecule has 2 aliphatic carbocycles. The summed E-state index contributed by atoms with van der Waals surface area (Å²) in [6.07, 6.45) is 9.14. The molecule has 0 bridgehead atoms. The van der Waals surface area contributed by atoms with Crippen LogP contribution in [0.25, 0.3) is 0 Å². The van der Waals surface area contributed by atoms with E-state index in [1.54, 1.807) is 11.9 Å². The molecule has 0 aromatic rings. The number of carbonyl (C=O) groups is 2. The number of carboxylic acid groups (broad SMARTS) is 1. The van der Waals surface area contributed by atoms with Gasteiger partial charge in [0.25, 0.3) is 0 Å². The smallest absolute Gasteiger partial charge is 0.317 e. The zero-order valence-corrected chi connectivity index (χ0v) is 13.8. The first-order valence-corrected chi connectivity index (χ1v) is 8.94. The minimum absolute atomic E-state index is 0.0462. The first-order chi connectivity index (χ1) is 9.93. The molecular formula is C15H26N2O3S. The van der Waals surface area contributed by atoms with Crippen LogP contribution >= 0.6 is 11.8 Å². The zero-order valence-electron chi connectivity index (χ0n) is 13.0. The van der Waals surface area contributed by atoms with E-state index in [-0.39, 0.29) is 17.2 Å². The fraction of sp³-hybridized carbons (Fsp3) is 0.867. The average molecular weight is 314 g/mol. The lowest BCUT2D eigenvalue weighted by atomic mass is 9.78. The fourth-order valence-corrected chi connectivity index (χ4v) is 4.01. The van der Waals surface area contributed by atoms with E-state index in [0.717, 1.165) is 44.9 Å². The van der Waals surface area contributed by atoms with Gasteiger partial charge in [0.1, 0.15) is 0 Å². The van der Waals surface area contributed by atoms with Crippen molar-refractivity contribution in [3.8, 4) is 0 Å². The number of hydrogen-bond acceptors (Lipinski definition) is 3. The predicted octanol–water partition coefficient (Wildman–Crippen LogP) is 2.70. The summed E-state index contributed by atoms with van der Waals surface area (Å²) in [6, 6.07) is -0.126. The summed E-state index contributed by atoms with van der Waals surface area (Å²) in [5.41, 5.74) is -0.510. The van der Waals surface area contributed by atoms with Crippen LogP contribution in [0.5, 0.6) is 0 Å². The van der Waals surface area contributed by atoms with Gasteiger partial charge in [0, 0.05) is 18.3 Å². The van der Waals surface area contributed by atoms with Crippen molar-refractivity contribution < 1.29 is 14.7 Å². The Morgan fingerprint density at radius 1 is 1.19 bits per heavy atom. The van der Waals surface area contributed by atoms with Crippen LogP contribution in [0.3, 0.4) is 0 Å². The maximum atomic E-state index is 12.4. The van der Waals surface area contributed by atoms with E-state index in [0.29, 0.717) is 6.54 Å². The number of aliphatic carboxylic acids is 1. The molecule has 0 heterocycles. The molecule has 6 heteroatoms. The van der Waals surface area contributed by atoms with Crippen LogP contribution < -0.4 is 5.32 Å². The molecule has 2 amide bonds. The maximum absolute atomic E-state index is 12.4. The molecule has 0 spiro atoms. The number of carboxylic acids is 1. The number of amides is 2. The van der Waals surface area contributed by atoms with Crippen molar-refractivity contribution in [3.05, 3.63) is 0 Å². The second-order valence-corrected chi connectivity index (χ2v) is 7.73. The second kappa shape index (κ2) is 6.46. The molecule has 2 saturated carbocycles. The zero-order chi connectivity index (χ0) is 15.5. The van der Waals surface area contributed by atoms with E-state index in [2.05, 4.69) is 11.6 Å². The standard InChI is InChI=1S/C15H26N2O3S/c1-17(13(20)16-11-15(21-2)8-9-15)14(10-12(18)19)6-4-3-5-7-14/h3-11H2,1-2H3,(H,16,20)(H,18,19). The molecule has 0 unspecified atom stereocenters. The summed E-state index contributed by atoms with van der Waals surface area (Å²) in [4.78, 5) is 25.3. The summed E-state index contributed by atoms with van der Waals surface area (Å²) < 4.78 is 0.225. The second-order valence-electron chi connectivity index (χ2n) is 6.46.